The van der Waals surface area contributed by atoms with Gasteiger partial charge in [-0.05, 0) is 37.1 Å². The molecule has 1 aliphatic heterocycles. The fourth-order valence-corrected chi connectivity index (χ4v) is 2.41. The summed E-state index contributed by atoms with van der Waals surface area (Å²) in [7, 11) is 0. The number of ether oxygens (including phenoxy) is 1. The largest absolute Gasteiger partial charge is 0.381 e. The molecule has 1 N–H and O–H groups in total. The van der Waals surface area contributed by atoms with Gasteiger partial charge in [0, 0.05) is 18.6 Å². The van der Waals surface area contributed by atoms with Crippen LogP contribution >= 0.6 is 0 Å². The number of rotatable bonds is 5. The average Bonchev–Trinajstić information content (AvgIpc) is 2.85. The number of hydrogen-bond donors (Lipinski definition) is 1. The van der Waals surface area contributed by atoms with Gasteiger partial charge in [0.2, 0.25) is 0 Å². The van der Waals surface area contributed by atoms with E-state index < -0.39 is 0 Å². The average molecular weight is 237 g/mol. The van der Waals surface area contributed by atoms with Crippen LogP contribution in [0, 0.1) is 11.7 Å². The molecular formula is C14H20FNO. The summed E-state index contributed by atoms with van der Waals surface area (Å²) < 4.78 is 18.3. The van der Waals surface area contributed by atoms with E-state index in [0.29, 0.717) is 12.0 Å². The lowest BCUT2D eigenvalue weighted by Gasteiger charge is -2.23. The fraction of sp³-hybridized carbons (Fsp3) is 0.571. The third-order valence-corrected chi connectivity index (χ3v) is 3.37. The first-order valence-corrected chi connectivity index (χ1v) is 6.35. The van der Waals surface area contributed by atoms with Crippen molar-refractivity contribution in [2.24, 2.45) is 5.92 Å². The SMILES string of the molecule is CCNC(Cc1ccc(F)cc1)C1CCOC1. The lowest BCUT2D eigenvalue weighted by atomic mass is 9.93. The van der Waals surface area contributed by atoms with E-state index in [1.165, 1.54) is 17.7 Å². The van der Waals surface area contributed by atoms with Gasteiger partial charge in [-0.3, -0.25) is 0 Å². The summed E-state index contributed by atoms with van der Waals surface area (Å²) >= 11 is 0. The highest BCUT2D eigenvalue weighted by Gasteiger charge is 2.25. The quantitative estimate of drug-likeness (QED) is 0.849. The monoisotopic (exact) mass is 237 g/mol. The molecule has 0 aromatic heterocycles. The van der Waals surface area contributed by atoms with Crippen LogP contribution < -0.4 is 5.32 Å². The summed E-state index contributed by atoms with van der Waals surface area (Å²) in [4.78, 5) is 0. The molecule has 0 aliphatic carbocycles. The molecular weight excluding hydrogens is 217 g/mol. The lowest BCUT2D eigenvalue weighted by molar-refractivity contribution is 0.176. The molecule has 1 aromatic carbocycles. The normalized spacial score (nSPS) is 21.6. The van der Waals surface area contributed by atoms with Gasteiger partial charge in [0.05, 0.1) is 6.61 Å². The molecule has 3 heteroatoms. The van der Waals surface area contributed by atoms with Crippen LogP contribution in [0.25, 0.3) is 0 Å². The zero-order valence-corrected chi connectivity index (χ0v) is 10.3. The van der Waals surface area contributed by atoms with Crippen molar-refractivity contribution in [3.05, 3.63) is 35.6 Å². The van der Waals surface area contributed by atoms with Gasteiger partial charge in [-0.15, -0.1) is 0 Å². The van der Waals surface area contributed by atoms with Crippen molar-refractivity contribution in [2.45, 2.75) is 25.8 Å². The molecule has 2 nitrogen and oxygen atoms in total. The van der Waals surface area contributed by atoms with E-state index >= 15 is 0 Å². The molecule has 1 aliphatic rings. The first-order chi connectivity index (χ1) is 8.29. The molecule has 1 heterocycles. The molecule has 0 amide bonds. The van der Waals surface area contributed by atoms with Crippen LogP contribution in [0.1, 0.15) is 18.9 Å². The highest BCUT2D eigenvalue weighted by molar-refractivity contribution is 5.17. The molecule has 0 spiro atoms. The first-order valence-electron chi connectivity index (χ1n) is 6.35. The van der Waals surface area contributed by atoms with Crippen molar-refractivity contribution in [3.63, 3.8) is 0 Å². The number of benzene rings is 1. The second-order valence-corrected chi connectivity index (χ2v) is 4.62. The van der Waals surface area contributed by atoms with E-state index in [1.54, 1.807) is 0 Å². The molecule has 2 rings (SSSR count). The predicted octanol–water partition coefficient (Wildman–Crippen LogP) is 2.38. The third-order valence-electron chi connectivity index (χ3n) is 3.37. The van der Waals surface area contributed by atoms with Gasteiger partial charge in [0.1, 0.15) is 5.82 Å². The topological polar surface area (TPSA) is 21.3 Å². The van der Waals surface area contributed by atoms with Gasteiger partial charge in [-0.1, -0.05) is 19.1 Å². The lowest BCUT2D eigenvalue weighted by Crippen LogP contribution is -2.38. The molecule has 0 radical (unpaired) electrons. The van der Waals surface area contributed by atoms with Crippen LogP contribution in [0.5, 0.6) is 0 Å². The molecule has 2 unspecified atom stereocenters. The van der Waals surface area contributed by atoms with Crippen molar-refractivity contribution in [3.8, 4) is 0 Å². The summed E-state index contributed by atoms with van der Waals surface area (Å²) in [6.07, 6.45) is 2.07. The summed E-state index contributed by atoms with van der Waals surface area (Å²) in [6, 6.07) is 7.24. The Balaban J connectivity index is 1.98. The van der Waals surface area contributed by atoms with Crippen molar-refractivity contribution >= 4 is 0 Å². The van der Waals surface area contributed by atoms with Crippen molar-refractivity contribution in [2.75, 3.05) is 19.8 Å². The Morgan fingerprint density at radius 3 is 2.76 bits per heavy atom. The standard InChI is InChI=1S/C14H20FNO/c1-2-16-14(12-7-8-17-10-12)9-11-3-5-13(15)6-4-11/h3-6,12,14,16H,2,7-10H2,1H3. The van der Waals surface area contributed by atoms with Crippen LogP contribution in [0.2, 0.25) is 0 Å². The minimum absolute atomic E-state index is 0.169. The number of likely N-dealkylation sites (N-methyl/N-ethyl adjacent to an activating group) is 1. The molecule has 94 valence electrons. The summed E-state index contributed by atoms with van der Waals surface area (Å²) in [5.74, 6) is 0.415. The number of nitrogens with one attached hydrogen (secondary N) is 1. The van der Waals surface area contributed by atoms with Crippen molar-refractivity contribution in [1.29, 1.82) is 0 Å². The summed E-state index contributed by atoms with van der Waals surface area (Å²) in [5, 5.41) is 3.51. The van der Waals surface area contributed by atoms with Crippen LogP contribution in [0.4, 0.5) is 4.39 Å². The van der Waals surface area contributed by atoms with E-state index in [-0.39, 0.29) is 5.82 Å². The summed E-state index contributed by atoms with van der Waals surface area (Å²) in [5.41, 5.74) is 1.18. The van der Waals surface area contributed by atoms with E-state index in [4.69, 9.17) is 4.74 Å². The molecule has 1 fully saturated rings. The van der Waals surface area contributed by atoms with Crippen molar-refractivity contribution < 1.29 is 9.13 Å². The van der Waals surface area contributed by atoms with Gasteiger partial charge in [-0.2, -0.15) is 0 Å². The molecule has 1 aromatic rings. The third kappa shape index (κ3) is 3.51. The van der Waals surface area contributed by atoms with Crippen molar-refractivity contribution in [1.82, 2.24) is 5.32 Å². The highest BCUT2D eigenvalue weighted by Crippen LogP contribution is 2.20. The summed E-state index contributed by atoms with van der Waals surface area (Å²) in [6.45, 7) is 4.80. The van der Waals surface area contributed by atoms with E-state index in [2.05, 4.69) is 12.2 Å². The Morgan fingerprint density at radius 2 is 2.18 bits per heavy atom. The maximum atomic E-state index is 12.8. The van der Waals surface area contributed by atoms with Crippen LogP contribution in [-0.2, 0) is 11.2 Å². The zero-order chi connectivity index (χ0) is 12.1. The molecule has 2 atom stereocenters. The Hall–Kier alpha value is -0.930. The van der Waals surface area contributed by atoms with Crippen LogP contribution in [0.3, 0.4) is 0 Å². The molecule has 17 heavy (non-hydrogen) atoms. The Morgan fingerprint density at radius 1 is 1.41 bits per heavy atom. The van der Waals surface area contributed by atoms with Gasteiger partial charge >= 0.3 is 0 Å². The highest BCUT2D eigenvalue weighted by atomic mass is 19.1. The van der Waals surface area contributed by atoms with Gasteiger partial charge in [0.25, 0.3) is 0 Å². The van der Waals surface area contributed by atoms with E-state index in [1.807, 2.05) is 12.1 Å². The molecule has 1 saturated heterocycles. The van der Waals surface area contributed by atoms with E-state index in [0.717, 1.165) is 32.6 Å². The maximum Gasteiger partial charge on any atom is 0.123 e. The zero-order valence-electron chi connectivity index (χ0n) is 10.3. The van der Waals surface area contributed by atoms with Crippen LogP contribution in [0.15, 0.2) is 24.3 Å². The number of halogens is 1. The Bertz CT molecular complexity index is 333. The smallest absolute Gasteiger partial charge is 0.123 e. The second kappa shape index (κ2) is 6.12. The second-order valence-electron chi connectivity index (χ2n) is 4.62. The maximum absolute atomic E-state index is 12.8. The van der Waals surface area contributed by atoms with Gasteiger partial charge in [0.15, 0.2) is 0 Å². The minimum atomic E-state index is -0.169. The molecule has 0 bridgehead atoms. The molecule has 0 saturated carbocycles. The fourth-order valence-electron chi connectivity index (χ4n) is 2.41. The Labute approximate surface area is 102 Å². The minimum Gasteiger partial charge on any atom is -0.381 e. The Kier molecular flexibility index (Phi) is 4.51. The van der Waals surface area contributed by atoms with Gasteiger partial charge in [-0.25, -0.2) is 4.39 Å². The number of hydrogen-bond acceptors (Lipinski definition) is 2. The van der Waals surface area contributed by atoms with Crippen LogP contribution in [-0.4, -0.2) is 25.8 Å². The van der Waals surface area contributed by atoms with E-state index in [9.17, 15) is 4.39 Å². The predicted molar refractivity (Wildman–Crippen MR) is 66.5 cm³/mol. The van der Waals surface area contributed by atoms with Gasteiger partial charge < -0.3 is 10.1 Å². The first kappa shape index (κ1) is 12.5.